The van der Waals surface area contributed by atoms with Gasteiger partial charge < -0.3 is 9.42 Å². The molecule has 3 heterocycles. The van der Waals surface area contributed by atoms with Gasteiger partial charge in [0.05, 0.1) is 17.7 Å². The number of carbonyl (C=O) groups is 1. The molecule has 0 atom stereocenters. The predicted octanol–water partition coefficient (Wildman–Crippen LogP) is 2.09. The number of thiazole rings is 1. The van der Waals surface area contributed by atoms with Crippen LogP contribution >= 0.6 is 11.3 Å². The van der Waals surface area contributed by atoms with Gasteiger partial charge in [-0.2, -0.15) is 4.98 Å². The normalized spacial score (nSPS) is 16.6. The standard InChI is InChI=1S/C16H23N5O2S/c1-11-13(24-10-17-11)14(22)21-7-5-20(6-8-21)9-12-18-15(23-19-12)16(2,3)4/h10H,5-9H2,1-4H3. The number of aromatic nitrogens is 3. The zero-order valence-corrected chi connectivity index (χ0v) is 15.4. The van der Waals surface area contributed by atoms with Crippen molar-refractivity contribution in [1.29, 1.82) is 0 Å². The van der Waals surface area contributed by atoms with Crippen LogP contribution in [0.2, 0.25) is 0 Å². The van der Waals surface area contributed by atoms with Gasteiger partial charge >= 0.3 is 0 Å². The molecule has 2 aromatic rings. The Morgan fingerprint density at radius 1 is 1.29 bits per heavy atom. The molecule has 24 heavy (non-hydrogen) atoms. The van der Waals surface area contributed by atoms with Crippen molar-refractivity contribution in [3.8, 4) is 0 Å². The third-order valence-corrected chi connectivity index (χ3v) is 4.99. The van der Waals surface area contributed by atoms with Gasteiger partial charge in [-0.15, -0.1) is 11.3 Å². The summed E-state index contributed by atoms with van der Waals surface area (Å²) in [5.74, 6) is 1.45. The fourth-order valence-corrected chi connectivity index (χ4v) is 3.35. The number of carbonyl (C=O) groups excluding carboxylic acids is 1. The van der Waals surface area contributed by atoms with Gasteiger partial charge in [0.1, 0.15) is 4.88 Å². The quantitative estimate of drug-likeness (QED) is 0.845. The number of hydrogen-bond acceptors (Lipinski definition) is 7. The first-order chi connectivity index (χ1) is 11.3. The molecule has 3 rings (SSSR count). The smallest absolute Gasteiger partial charge is 0.265 e. The topological polar surface area (TPSA) is 75.4 Å². The van der Waals surface area contributed by atoms with Crippen molar-refractivity contribution in [3.63, 3.8) is 0 Å². The third-order valence-electron chi connectivity index (χ3n) is 4.07. The molecule has 130 valence electrons. The molecular weight excluding hydrogens is 326 g/mol. The first-order valence-corrected chi connectivity index (χ1v) is 8.97. The minimum Gasteiger partial charge on any atom is -0.339 e. The average Bonchev–Trinajstić information content (AvgIpc) is 3.16. The van der Waals surface area contributed by atoms with E-state index in [-0.39, 0.29) is 11.3 Å². The van der Waals surface area contributed by atoms with Crippen LogP contribution in [-0.2, 0) is 12.0 Å². The van der Waals surface area contributed by atoms with E-state index in [9.17, 15) is 4.79 Å². The molecule has 1 saturated heterocycles. The lowest BCUT2D eigenvalue weighted by molar-refractivity contribution is 0.0628. The summed E-state index contributed by atoms with van der Waals surface area (Å²) >= 11 is 1.41. The van der Waals surface area contributed by atoms with E-state index < -0.39 is 0 Å². The van der Waals surface area contributed by atoms with Crippen LogP contribution in [-0.4, -0.2) is 57.0 Å². The molecule has 1 aliphatic rings. The molecule has 0 aromatic carbocycles. The second kappa shape index (κ2) is 6.60. The molecule has 0 spiro atoms. The summed E-state index contributed by atoms with van der Waals surface area (Å²) in [5.41, 5.74) is 2.40. The van der Waals surface area contributed by atoms with Crippen molar-refractivity contribution in [3.05, 3.63) is 27.8 Å². The number of nitrogens with zero attached hydrogens (tertiary/aromatic N) is 5. The molecule has 0 radical (unpaired) electrons. The number of aryl methyl sites for hydroxylation is 1. The molecule has 0 unspecified atom stereocenters. The van der Waals surface area contributed by atoms with Crippen LogP contribution in [0.4, 0.5) is 0 Å². The van der Waals surface area contributed by atoms with Crippen molar-refractivity contribution in [2.45, 2.75) is 39.7 Å². The highest BCUT2D eigenvalue weighted by atomic mass is 32.1. The van der Waals surface area contributed by atoms with E-state index in [1.54, 1.807) is 5.51 Å². The fourth-order valence-electron chi connectivity index (χ4n) is 2.58. The van der Waals surface area contributed by atoms with Crippen LogP contribution in [0.25, 0.3) is 0 Å². The Bertz CT molecular complexity index is 710. The van der Waals surface area contributed by atoms with Crippen molar-refractivity contribution in [2.75, 3.05) is 26.2 Å². The van der Waals surface area contributed by atoms with Gasteiger partial charge in [-0.3, -0.25) is 9.69 Å². The molecule has 0 saturated carbocycles. The van der Waals surface area contributed by atoms with Crippen LogP contribution < -0.4 is 0 Å². The van der Waals surface area contributed by atoms with Gasteiger partial charge in [0.2, 0.25) is 5.89 Å². The molecular formula is C16H23N5O2S. The summed E-state index contributed by atoms with van der Waals surface area (Å²) in [7, 11) is 0. The van der Waals surface area contributed by atoms with E-state index in [4.69, 9.17) is 4.52 Å². The van der Waals surface area contributed by atoms with E-state index in [1.807, 2.05) is 11.8 Å². The highest BCUT2D eigenvalue weighted by molar-refractivity contribution is 7.11. The zero-order chi connectivity index (χ0) is 17.3. The van der Waals surface area contributed by atoms with Crippen LogP contribution in [0.15, 0.2) is 10.0 Å². The van der Waals surface area contributed by atoms with Crippen molar-refractivity contribution < 1.29 is 9.32 Å². The number of piperazine rings is 1. The maximum absolute atomic E-state index is 12.5. The molecule has 1 fully saturated rings. The van der Waals surface area contributed by atoms with E-state index in [0.717, 1.165) is 23.7 Å². The molecule has 0 bridgehead atoms. The Kier molecular flexibility index (Phi) is 4.69. The van der Waals surface area contributed by atoms with Gasteiger partial charge in [-0.05, 0) is 6.92 Å². The molecule has 0 aliphatic carbocycles. The number of rotatable bonds is 3. The largest absolute Gasteiger partial charge is 0.339 e. The number of hydrogen-bond donors (Lipinski definition) is 0. The van der Waals surface area contributed by atoms with E-state index in [0.29, 0.717) is 31.3 Å². The molecule has 7 nitrogen and oxygen atoms in total. The predicted molar refractivity (Wildman–Crippen MR) is 91.0 cm³/mol. The van der Waals surface area contributed by atoms with Gasteiger partial charge in [0.25, 0.3) is 5.91 Å². The lowest BCUT2D eigenvalue weighted by Gasteiger charge is -2.33. The summed E-state index contributed by atoms with van der Waals surface area (Å²) in [4.78, 5) is 26.0. The summed E-state index contributed by atoms with van der Waals surface area (Å²) in [5, 5.41) is 4.07. The Morgan fingerprint density at radius 2 is 2.00 bits per heavy atom. The van der Waals surface area contributed by atoms with E-state index in [1.165, 1.54) is 11.3 Å². The Hall–Kier alpha value is -1.80. The Labute approximate surface area is 145 Å². The van der Waals surface area contributed by atoms with Gasteiger partial charge in [0.15, 0.2) is 5.82 Å². The van der Waals surface area contributed by atoms with Crippen LogP contribution in [0.1, 0.15) is 47.9 Å². The Balaban J connectivity index is 1.55. The summed E-state index contributed by atoms with van der Waals surface area (Å²) in [6, 6.07) is 0. The SMILES string of the molecule is Cc1ncsc1C(=O)N1CCN(Cc2noc(C(C)(C)C)n2)CC1. The van der Waals surface area contributed by atoms with Crippen LogP contribution in [0, 0.1) is 6.92 Å². The van der Waals surface area contributed by atoms with E-state index in [2.05, 4.69) is 40.8 Å². The number of amides is 1. The average molecular weight is 349 g/mol. The molecule has 1 aliphatic heterocycles. The minimum absolute atomic E-state index is 0.0872. The Morgan fingerprint density at radius 3 is 2.54 bits per heavy atom. The monoisotopic (exact) mass is 349 g/mol. The maximum Gasteiger partial charge on any atom is 0.265 e. The second-order valence-electron chi connectivity index (χ2n) is 7.10. The lowest BCUT2D eigenvalue weighted by atomic mass is 9.97. The fraction of sp³-hybridized carbons (Fsp3) is 0.625. The third kappa shape index (κ3) is 3.64. The van der Waals surface area contributed by atoms with Crippen molar-refractivity contribution in [1.82, 2.24) is 24.9 Å². The first kappa shape index (κ1) is 17.0. The van der Waals surface area contributed by atoms with Gasteiger partial charge in [-0.1, -0.05) is 25.9 Å². The van der Waals surface area contributed by atoms with Gasteiger partial charge in [-0.25, -0.2) is 4.98 Å². The maximum atomic E-state index is 12.5. The van der Waals surface area contributed by atoms with Crippen molar-refractivity contribution >= 4 is 17.2 Å². The second-order valence-corrected chi connectivity index (χ2v) is 7.96. The zero-order valence-electron chi connectivity index (χ0n) is 14.6. The molecule has 2 aromatic heterocycles. The summed E-state index contributed by atoms with van der Waals surface area (Å²) < 4.78 is 5.33. The molecule has 8 heteroatoms. The first-order valence-electron chi connectivity index (χ1n) is 8.09. The highest BCUT2D eigenvalue weighted by Gasteiger charge is 2.26. The minimum atomic E-state index is -0.136. The highest BCUT2D eigenvalue weighted by Crippen LogP contribution is 2.20. The molecule has 0 N–H and O–H groups in total. The lowest BCUT2D eigenvalue weighted by Crippen LogP contribution is -2.48. The van der Waals surface area contributed by atoms with Gasteiger partial charge in [0, 0.05) is 31.6 Å². The van der Waals surface area contributed by atoms with Crippen LogP contribution in [0.3, 0.4) is 0 Å². The van der Waals surface area contributed by atoms with Crippen molar-refractivity contribution in [2.24, 2.45) is 0 Å². The van der Waals surface area contributed by atoms with Crippen LogP contribution in [0.5, 0.6) is 0 Å². The van der Waals surface area contributed by atoms with E-state index >= 15 is 0 Å². The summed E-state index contributed by atoms with van der Waals surface area (Å²) in [6.45, 7) is 11.7. The summed E-state index contributed by atoms with van der Waals surface area (Å²) in [6.07, 6.45) is 0. The molecule has 1 amide bonds.